The fraction of sp³-hybridized carbons (Fsp3) is 0. The van der Waals surface area contributed by atoms with E-state index in [4.69, 9.17) is 5.11 Å². The van der Waals surface area contributed by atoms with Gasteiger partial charge in [-0.15, -0.1) is 0 Å². The zero-order valence-electron chi connectivity index (χ0n) is 10.4. The number of nitrogens with one attached hydrogen (secondary N) is 2. The number of nitrogens with zero attached hydrogens (tertiary/aromatic N) is 1. The van der Waals surface area contributed by atoms with Gasteiger partial charge >= 0.3 is 12.0 Å². The summed E-state index contributed by atoms with van der Waals surface area (Å²) in [6.45, 7) is 0. The van der Waals surface area contributed by atoms with Crippen LogP contribution in [0.15, 0.2) is 41.0 Å². The lowest BCUT2D eigenvalue weighted by Gasteiger charge is -2.09. The Kier molecular flexibility index (Phi) is 4.49. The lowest BCUT2D eigenvalue weighted by atomic mass is 10.3. The van der Waals surface area contributed by atoms with Crippen molar-refractivity contribution in [3.63, 3.8) is 0 Å². The van der Waals surface area contributed by atoms with Gasteiger partial charge in [-0.2, -0.15) is 0 Å². The molecule has 0 bridgehead atoms. The number of hydrogen-bond donors (Lipinski definition) is 3. The number of benzene rings is 1. The van der Waals surface area contributed by atoms with E-state index >= 15 is 0 Å². The summed E-state index contributed by atoms with van der Waals surface area (Å²) in [5, 5.41) is 13.6. The summed E-state index contributed by atoms with van der Waals surface area (Å²) in [6.07, 6.45) is 1.21. The van der Waals surface area contributed by atoms with Gasteiger partial charge in [0.1, 0.15) is 11.5 Å². The molecule has 2 rings (SSSR count). The second-order valence-electron chi connectivity index (χ2n) is 3.94. The zero-order chi connectivity index (χ0) is 15.4. The monoisotopic (exact) mass is 353 g/mol. The van der Waals surface area contributed by atoms with Crippen molar-refractivity contribution in [2.45, 2.75) is 0 Å². The molecule has 0 unspecified atom stereocenters. The van der Waals surface area contributed by atoms with Crippen LogP contribution in [0.2, 0.25) is 0 Å². The van der Waals surface area contributed by atoms with Crippen molar-refractivity contribution in [3.05, 3.63) is 52.5 Å². The number of rotatable bonds is 3. The molecule has 0 saturated heterocycles. The van der Waals surface area contributed by atoms with Crippen molar-refractivity contribution in [1.82, 2.24) is 4.98 Å². The number of carboxylic acids is 1. The second kappa shape index (κ2) is 6.31. The Morgan fingerprint density at radius 3 is 2.57 bits per heavy atom. The van der Waals surface area contributed by atoms with Gasteiger partial charge in [0.25, 0.3) is 0 Å². The maximum atomic E-state index is 13.1. The SMILES string of the molecule is O=C(Nc1ccc(C(=O)O)nc1)Nc1cc(F)ccc1Br. The molecule has 1 aromatic heterocycles. The number of carbonyl (C=O) groups excluding carboxylic acids is 1. The summed E-state index contributed by atoms with van der Waals surface area (Å²) in [5.41, 5.74) is 0.446. The molecule has 21 heavy (non-hydrogen) atoms. The third kappa shape index (κ3) is 3.99. The van der Waals surface area contributed by atoms with Crippen LogP contribution in [0.4, 0.5) is 20.6 Å². The average molecular weight is 354 g/mol. The third-order valence-electron chi connectivity index (χ3n) is 2.42. The molecule has 0 aliphatic rings. The number of carbonyl (C=O) groups is 2. The summed E-state index contributed by atoms with van der Waals surface area (Å²) < 4.78 is 13.6. The molecule has 2 aromatic rings. The van der Waals surface area contributed by atoms with E-state index in [-0.39, 0.29) is 11.4 Å². The molecule has 0 aliphatic carbocycles. The van der Waals surface area contributed by atoms with Gasteiger partial charge in [-0.3, -0.25) is 0 Å². The van der Waals surface area contributed by atoms with Gasteiger partial charge in [0.15, 0.2) is 0 Å². The summed E-state index contributed by atoms with van der Waals surface area (Å²) in [4.78, 5) is 26.1. The molecule has 108 valence electrons. The summed E-state index contributed by atoms with van der Waals surface area (Å²) in [5.74, 6) is -1.64. The largest absolute Gasteiger partial charge is 0.477 e. The van der Waals surface area contributed by atoms with Crippen molar-refractivity contribution >= 4 is 39.3 Å². The van der Waals surface area contributed by atoms with Crippen LogP contribution in [0, 0.1) is 5.82 Å². The smallest absolute Gasteiger partial charge is 0.354 e. The molecular formula is C13H9BrFN3O3. The van der Waals surface area contributed by atoms with Crippen molar-refractivity contribution in [2.24, 2.45) is 0 Å². The van der Waals surface area contributed by atoms with Crippen molar-refractivity contribution in [1.29, 1.82) is 0 Å². The normalized spacial score (nSPS) is 10.0. The zero-order valence-corrected chi connectivity index (χ0v) is 12.0. The fourth-order valence-corrected chi connectivity index (χ4v) is 1.82. The summed E-state index contributed by atoms with van der Waals surface area (Å²) >= 11 is 3.18. The molecular weight excluding hydrogens is 345 g/mol. The Bertz CT molecular complexity index is 692. The molecule has 2 amide bonds. The van der Waals surface area contributed by atoms with Gasteiger partial charge in [-0.05, 0) is 46.3 Å². The van der Waals surface area contributed by atoms with Crippen molar-refractivity contribution < 1.29 is 19.1 Å². The minimum atomic E-state index is -1.16. The van der Waals surface area contributed by atoms with Crippen LogP contribution in [-0.4, -0.2) is 22.1 Å². The maximum Gasteiger partial charge on any atom is 0.354 e. The minimum Gasteiger partial charge on any atom is -0.477 e. The van der Waals surface area contributed by atoms with E-state index in [0.717, 1.165) is 6.07 Å². The molecule has 0 fully saturated rings. The first kappa shape index (κ1) is 14.9. The van der Waals surface area contributed by atoms with Crippen molar-refractivity contribution in [3.8, 4) is 0 Å². The Morgan fingerprint density at radius 2 is 1.95 bits per heavy atom. The molecule has 1 aromatic carbocycles. The second-order valence-corrected chi connectivity index (χ2v) is 4.79. The number of urea groups is 1. The van der Waals surface area contributed by atoms with Gasteiger partial charge in [-0.25, -0.2) is 19.0 Å². The number of anilines is 2. The van der Waals surface area contributed by atoms with Crippen LogP contribution in [0.25, 0.3) is 0 Å². The third-order valence-corrected chi connectivity index (χ3v) is 3.11. The predicted molar refractivity (Wildman–Crippen MR) is 77.9 cm³/mol. The van der Waals surface area contributed by atoms with Crippen LogP contribution in [-0.2, 0) is 0 Å². The molecule has 1 heterocycles. The van der Waals surface area contributed by atoms with Gasteiger partial charge < -0.3 is 15.7 Å². The van der Waals surface area contributed by atoms with Crippen LogP contribution >= 0.6 is 15.9 Å². The average Bonchev–Trinajstić information content (AvgIpc) is 2.43. The lowest BCUT2D eigenvalue weighted by Crippen LogP contribution is -2.20. The van der Waals surface area contributed by atoms with E-state index in [9.17, 15) is 14.0 Å². The molecule has 8 heteroatoms. The number of halogens is 2. The quantitative estimate of drug-likeness (QED) is 0.789. The summed E-state index contributed by atoms with van der Waals surface area (Å²) in [6, 6.07) is 5.93. The van der Waals surface area contributed by atoms with Crippen LogP contribution in [0.3, 0.4) is 0 Å². The molecule has 0 atom stereocenters. The number of aromatic carboxylic acids is 1. The first-order chi connectivity index (χ1) is 9.95. The highest BCUT2D eigenvalue weighted by molar-refractivity contribution is 9.10. The predicted octanol–water partition coefficient (Wildman–Crippen LogP) is 3.33. The van der Waals surface area contributed by atoms with Crippen LogP contribution in [0.1, 0.15) is 10.5 Å². The van der Waals surface area contributed by atoms with Gasteiger partial charge in [0, 0.05) is 4.47 Å². The lowest BCUT2D eigenvalue weighted by molar-refractivity contribution is 0.0690. The first-order valence-corrected chi connectivity index (χ1v) is 6.47. The van der Waals surface area contributed by atoms with E-state index < -0.39 is 17.8 Å². The summed E-state index contributed by atoms with van der Waals surface area (Å²) in [7, 11) is 0. The number of pyridine rings is 1. The Morgan fingerprint density at radius 1 is 1.19 bits per heavy atom. The van der Waals surface area contributed by atoms with E-state index in [2.05, 4.69) is 31.5 Å². The maximum absolute atomic E-state index is 13.1. The Labute approximate surface area is 127 Å². The number of amides is 2. The number of aromatic nitrogens is 1. The number of hydrogen-bond acceptors (Lipinski definition) is 3. The Hall–Kier alpha value is -2.48. The molecule has 6 nitrogen and oxygen atoms in total. The van der Waals surface area contributed by atoms with Gasteiger partial charge in [0.2, 0.25) is 0 Å². The molecule has 0 spiro atoms. The van der Waals surface area contributed by atoms with E-state index in [1.165, 1.54) is 30.5 Å². The highest BCUT2D eigenvalue weighted by atomic mass is 79.9. The molecule has 3 N–H and O–H groups in total. The van der Waals surface area contributed by atoms with Crippen LogP contribution in [0.5, 0.6) is 0 Å². The molecule has 0 aliphatic heterocycles. The topological polar surface area (TPSA) is 91.3 Å². The van der Waals surface area contributed by atoms with Gasteiger partial charge in [0.05, 0.1) is 17.6 Å². The number of carboxylic acid groups (broad SMARTS) is 1. The van der Waals surface area contributed by atoms with Gasteiger partial charge in [-0.1, -0.05) is 0 Å². The van der Waals surface area contributed by atoms with Crippen molar-refractivity contribution in [2.75, 3.05) is 10.6 Å². The molecule has 0 radical (unpaired) electrons. The van der Waals surface area contributed by atoms with Crippen LogP contribution < -0.4 is 10.6 Å². The fourth-order valence-electron chi connectivity index (χ4n) is 1.47. The minimum absolute atomic E-state index is 0.131. The van der Waals surface area contributed by atoms with E-state index in [1.807, 2.05) is 0 Å². The first-order valence-electron chi connectivity index (χ1n) is 5.68. The molecule has 0 saturated carbocycles. The Balaban J connectivity index is 2.04. The van der Waals surface area contributed by atoms with E-state index in [1.54, 1.807) is 0 Å². The standard InChI is InChI=1S/C13H9BrFN3O3/c14-9-3-1-7(15)5-11(9)18-13(21)17-8-2-4-10(12(19)20)16-6-8/h1-6H,(H,19,20)(H2,17,18,21). The highest BCUT2D eigenvalue weighted by Gasteiger charge is 2.08. The van der Waals surface area contributed by atoms with E-state index in [0.29, 0.717) is 10.2 Å². The highest BCUT2D eigenvalue weighted by Crippen LogP contribution is 2.23.